The maximum Gasteiger partial charge on any atom is 0.341 e. The van der Waals surface area contributed by atoms with Crippen molar-refractivity contribution < 1.29 is 14.3 Å². The molecule has 0 saturated heterocycles. The van der Waals surface area contributed by atoms with Crippen molar-refractivity contribution in [1.82, 2.24) is 0 Å². The van der Waals surface area contributed by atoms with Crippen molar-refractivity contribution in [2.75, 3.05) is 7.11 Å². The number of carbonyl (C=O) groups excluding carboxylic acids is 1. The molecule has 0 bridgehead atoms. The minimum absolute atomic E-state index is 0.00658. The lowest BCUT2D eigenvalue weighted by Gasteiger charge is -2.14. The number of methoxy groups -OCH3 is 1. The summed E-state index contributed by atoms with van der Waals surface area (Å²) in [5.74, 6) is 0.131. The Labute approximate surface area is 97.5 Å². The van der Waals surface area contributed by atoms with Gasteiger partial charge in [-0.25, -0.2) is 4.79 Å². The van der Waals surface area contributed by atoms with E-state index in [1.54, 1.807) is 12.1 Å². The minimum atomic E-state index is -0.396. The number of hydrogen-bond donors (Lipinski definition) is 0. The normalized spacial score (nSPS) is 10.2. The van der Waals surface area contributed by atoms with Crippen LogP contribution in [0.3, 0.4) is 0 Å². The summed E-state index contributed by atoms with van der Waals surface area (Å²) in [6.07, 6.45) is 0.00658. The largest absolute Gasteiger partial charge is 0.489 e. The fraction of sp³-hybridized carbons (Fsp3) is 0.364. The van der Waals surface area contributed by atoms with Crippen LogP contribution in [0.25, 0.3) is 0 Å². The molecule has 0 aliphatic carbocycles. The van der Waals surface area contributed by atoms with E-state index in [1.807, 2.05) is 19.9 Å². The Morgan fingerprint density at radius 3 is 2.60 bits per heavy atom. The van der Waals surface area contributed by atoms with Crippen molar-refractivity contribution in [2.24, 2.45) is 0 Å². The van der Waals surface area contributed by atoms with Crippen LogP contribution < -0.4 is 4.74 Å². The molecule has 0 heterocycles. The molecule has 0 aromatic heterocycles. The molecule has 0 unspecified atom stereocenters. The molecule has 3 nitrogen and oxygen atoms in total. The van der Waals surface area contributed by atoms with Crippen LogP contribution in [0.5, 0.6) is 5.75 Å². The highest BCUT2D eigenvalue weighted by Crippen LogP contribution is 2.30. The van der Waals surface area contributed by atoms with Crippen molar-refractivity contribution in [3.8, 4) is 5.75 Å². The van der Waals surface area contributed by atoms with E-state index in [2.05, 4.69) is 20.7 Å². The standard InChI is InChI=1S/C11H13BrO3/c1-7(2)15-10-8(11(13)14-3)5-4-6-9(10)12/h4-7H,1-3H3. The van der Waals surface area contributed by atoms with E-state index in [-0.39, 0.29) is 6.10 Å². The first-order valence-electron chi connectivity index (χ1n) is 4.59. The lowest BCUT2D eigenvalue weighted by atomic mass is 10.2. The molecule has 0 amide bonds. The van der Waals surface area contributed by atoms with Crippen LogP contribution in [0.1, 0.15) is 24.2 Å². The molecule has 0 radical (unpaired) electrons. The number of esters is 1. The smallest absolute Gasteiger partial charge is 0.341 e. The van der Waals surface area contributed by atoms with Gasteiger partial charge in [0.25, 0.3) is 0 Å². The zero-order valence-electron chi connectivity index (χ0n) is 8.91. The maximum atomic E-state index is 11.4. The summed E-state index contributed by atoms with van der Waals surface area (Å²) in [6.45, 7) is 3.81. The van der Waals surface area contributed by atoms with E-state index in [0.717, 1.165) is 4.47 Å². The second-order valence-corrected chi connectivity index (χ2v) is 4.13. The summed E-state index contributed by atoms with van der Waals surface area (Å²) in [4.78, 5) is 11.4. The number of carbonyl (C=O) groups is 1. The van der Waals surface area contributed by atoms with Gasteiger partial charge in [0.2, 0.25) is 0 Å². The fourth-order valence-corrected chi connectivity index (χ4v) is 1.59. The maximum absolute atomic E-state index is 11.4. The van der Waals surface area contributed by atoms with E-state index in [4.69, 9.17) is 4.74 Å². The Hall–Kier alpha value is -1.03. The molecule has 0 fully saturated rings. The molecule has 1 aromatic carbocycles. The predicted molar refractivity (Wildman–Crippen MR) is 61.2 cm³/mol. The van der Waals surface area contributed by atoms with Crippen LogP contribution in [0, 0.1) is 0 Å². The van der Waals surface area contributed by atoms with Gasteiger partial charge < -0.3 is 9.47 Å². The van der Waals surface area contributed by atoms with Gasteiger partial charge in [0.05, 0.1) is 17.7 Å². The molecule has 1 rings (SSSR count). The van der Waals surface area contributed by atoms with E-state index < -0.39 is 5.97 Å². The highest BCUT2D eigenvalue weighted by atomic mass is 79.9. The molecule has 15 heavy (non-hydrogen) atoms. The molecule has 1 aromatic rings. The Bertz CT molecular complexity index is 361. The van der Waals surface area contributed by atoms with E-state index >= 15 is 0 Å². The first-order valence-corrected chi connectivity index (χ1v) is 5.39. The van der Waals surface area contributed by atoms with E-state index in [9.17, 15) is 4.79 Å². The zero-order valence-corrected chi connectivity index (χ0v) is 10.5. The van der Waals surface area contributed by atoms with Gasteiger partial charge in [-0.15, -0.1) is 0 Å². The highest BCUT2D eigenvalue weighted by molar-refractivity contribution is 9.10. The van der Waals surface area contributed by atoms with Gasteiger partial charge in [-0.3, -0.25) is 0 Å². The van der Waals surface area contributed by atoms with Gasteiger partial charge in [-0.1, -0.05) is 6.07 Å². The quantitative estimate of drug-likeness (QED) is 0.794. The minimum Gasteiger partial charge on any atom is -0.489 e. The second kappa shape index (κ2) is 5.16. The first-order chi connectivity index (χ1) is 7.06. The molecular formula is C11H13BrO3. The molecule has 4 heteroatoms. The summed E-state index contributed by atoms with van der Waals surface area (Å²) >= 11 is 3.34. The molecule has 0 N–H and O–H groups in total. The Kier molecular flexibility index (Phi) is 4.15. The van der Waals surface area contributed by atoms with Gasteiger partial charge in [0, 0.05) is 0 Å². The monoisotopic (exact) mass is 272 g/mol. The molecule has 82 valence electrons. The number of halogens is 1. The fourth-order valence-electron chi connectivity index (χ4n) is 1.14. The molecule has 0 atom stereocenters. The van der Waals surface area contributed by atoms with Crippen LogP contribution in [0.2, 0.25) is 0 Å². The van der Waals surface area contributed by atoms with Crippen LogP contribution >= 0.6 is 15.9 Å². The van der Waals surface area contributed by atoms with Gasteiger partial charge in [0.15, 0.2) is 0 Å². The second-order valence-electron chi connectivity index (χ2n) is 3.27. The van der Waals surface area contributed by atoms with Crippen molar-refractivity contribution in [3.05, 3.63) is 28.2 Å². The summed E-state index contributed by atoms with van der Waals surface area (Å²) in [6, 6.07) is 5.27. The molecule has 0 spiro atoms. The highest BCUT2D eigenvalue weighted by Gasteiger charge is 2.16. The van der Waals surface area contributed by atoms with Crippen molar-refractivity contribution in [1.29, 1.82) is 0 Å². The molecule has 0 aliphatic rings. The number of hydrogen-bond acceptors (Lipinski definition) is 3. The Balaban J connectivity index is 3.14. The number of rotatable bonds is 3. The van der Waals surface area contributed by atoms with Gasteiger partial charge in [-0.05, 0) is 41.9 Å². The average Bonchev–Trinajstić information content (AvgIpc) is 2.19. The lowest BCUT2D eigenvalue weighted by molar-refractivity contribution is 0.0594. The van der Waals surface area contributed by atoms with Crippen LogP contribution in [0.4, 0.5) is 0 Å². The summed E-state index contributed by atoms with van der Waals surface area (Å²) in [5.41, 5.74) is 0.431. The number of benzene rings is 1. The SMILES string of the molecule is COC(=O)c1cccc(Br)c1OC(C)C. The first kappa shape index (κ1) is 12.0. The van der Waals surface area contributed by atoms with Gasteiger partial charge in [-0.2, -0.15) is 0 Å². The van der Waals surface area contributed by atoms with Crippen molar-refractivity contribution >= 4 is 21.9 Å². The van der Waals surface area contributed by atoms with Crippen molar-refractivity contribution in [2.45, 2.75) is 20.0 Å². The summed E-state index contributed by atoms with van der Waals surface area (Å²) in [7, 11) is 1.35. The molecule has 0 saturated carbocycles. The van der Waals surface area contributed by atoms with Crippen LogP contribution in [-0.2, 0) is 4.74 Å². The van der Waals surface area contributed by atoms with Gasteiger partial charge >= 0.3 is 5.97 Å². The third kappa shape index (κ3) is 2.96. The van der Waals surface area contributed by atoms with E-state index in [0.29, 0.717) is 11.3 Å². The summed E-state index contributed by atoms with van der Waals surface area (Å²) in [5, 5.41) is 0. The van der Waals surface area contributed by atoms with Crippen LogP contribution in [0.15, 0.2) is 22.7 Å². The Morgan fingerprint density at radius 1 is 1.40 bits per heavy atom. The van der Waals surface area contributed by atoms with E-state index in [1.165, 1.54) is 7.11 Å². The predicted octanol–water partition coefficient (Wildman–Crippen LogP) is 3.02. The molecular weight excluding hydrogens is 260 g/mol. The topological polar surface area (TPSA) is 35.5 Å². The van der Waals surface area contributed by atoms with Crippen molar-refractivity contribution in [3.63, 3.8) is 0 Å². The third-order valence-electron chi connectivity index (χ3n) is 1.73. The molecule has 0 aliphatic heterocycles. The number of para-hydroxylation sites is 1. The van der Waals surface area contributed by atoms with Crippen LogP contribution in [-0.4, -0.2) is 19.2 Å². The summed E-state index contributed by atoms with van der Waals surface area (Å²) < 4.78 is 11.0. The Morgan fingerprint density at radius 2 is 2.07 bits per heavy atom. The average molecular weight is 273 g/mol. The number of ether oxygens (including phenoxy) is 2. The van der Waals surface area contributed by atoms with Gasteiger partial charge in [0.1, 0.15) is 11.3 Å². The lowest BCUT2D eigenvalue weighted by Crippen LogP contribution is -2.11. The zero-order chi connectivity index (χ0) is 11.4. The third-order valence-corrected chi connectivity index (χ3v) is 2.35.